The van der Waals surface area contributed by atoms with Crippen LogP contribution in [0.25, 0.3) is 12.0 Å². The fourth-order valence-electron chi connectivity index (χ4n) is 0.768. The first-order valence-corrected chi connectivity index (χ1v) is 5.84. The number of ether oxygens (including phenoxy) is 1. The monoisotopic (exact) mass is 248 g/mol. The Hall–Kier alpha value is -1.01. The summed E-state index contributed by atoms with van der Waals surface area (Å²) in [5.74, 6) is -1.12. The molecule has 0 aliphatic carbocycles. The van der Waals surface area contributed by atoms with Gasteiger partial charge in [0.25, 0.3) is 0 Å². The summed E-state index contributed by atoms with van der Waals surface area (Å²) in [4.78, 5) is 11.3. The van der Waals surface area contributed by atoms with Gasteiger partial charge >= 0.3 is 11.9 Å². The van der Waals surface area contributed by atoms with Crippen molar-refractivity contribution in [2.75, 3.05) is 0 Å². The molecular weight excluding hydrogens is 236 g/mol. The molecule has 0 fully saturated rings. The SMILES string of the molecule is CC(C)(C)OC(=O)C=c1sc(=C(O)O)s1. The third-order valence-corrected chi connectivity index (χ3v) is 3.59. The number of aliphatic hydroxyl groups is 2. The predicted molar refractivity (Wildman–Crippen MR) is 60.4 cm³/mol. The van der Waals surface area contributed by atoms with E-state index in [4.69, 9.17) is 14.9 Å². The minimum absolute atomic E-state index is 0.393. The standard InChI is InChI=1S/C9H12O4S2/c1-9(2,3)13-5(10)4-6-14-8(15-6)7(11)12/h4,11-12H,1-3H3. The van der Waals surface area contributed by atoms with Crippen LogP contribution >= 0.6 is 22.7 Å². The lowest BCUT2D eigenvalue weighted by Gasteiger charge is -2.17. The fraction of sp³-hybridized carbons (Fsp3) is 0.444. The van der Waals surface area contributed by atoms with Gasteiger partial charge in [-0.1, -0.05) is 0 Å². The van der Waals surface area contributed by atoms with E-state index in [1.807, 2.05) is 0 Å². The summed E-state index contributed by atoms with van der Waals surface area (Å²) in [6.45, 7) is 5.36. The summed E-state index contributed by atoms with van der Waals surface area (Å²) in [7, 11) is 0. The lowest BCUT2D eigenvalue weighted by atomic mass is 10.2. The molecule has 0 unspecified atom stereocenters. The van der Waals surface area contributed by atoms with Crippen LogP contribution in [-0.4, -0.2) is 21.8 Å². The molecule has 4 nitrogen and oxygen atoms in total. The van der Waals surface area contributed by atoms with Gasteiger partial charge in [0.05, 0.1) is 9.92 Å². The number of esters is 1. The number of carbonyl (C=O) groups excluding carboxylic acids is 1. The molecule has 0 saturated carbocycles. The smallest absolute Gasteiger partial charge is 0.333 e. The second-order valence-corrected chi connectivity index (χ2v) is 6.43. The Balaban J connectivity index is 2.74. The first-order valence-electron chi connectivity index (χ1n) is 4.20. The quantitative estimate of drug-likeness (QED) is 0.731. The van der Waals surface area contributed by atoms with Crippen LogP contribution in [0, 0.1) is 0 Å². The van der Waals surface area contributed by atoms with Crippen molar-refractivity contribution in [3.63, 3.8) is 0 Å². The van der Waals surface area contributed by atoms with Crippen molar-refractivity contribution in [2.45, 2.75) is 26.4 Å². The molecule has 0 atom stereocenters. The zero-order chi connectivity index (χ0) is 11.6. The molecule has 1 aromatic heterocycles. The van der Waals surface area contributed by atoms with Crippen molar-refractivity contribution in [1.29, 1.82) is 0 Å². The second-order valence-electron chi connectivity index (χ2n) is 3.81. The molecule has 0 aromatic carbocycles. The van der Waals surface area contributed by atoms with Gasteiger partial charge in [0.2, 0.25) is 0 Å². The Morgan fingerprint density at radius 1 is 1.33 bits per heavy atom. The minimum Gasteiger partial charge on any atom is -0.479 e. The zero-order valence-electron chi connectivity index (χ0n) is 8.60. The number of aliphatic hydroxyl groups excluding tert-OH is 1. The van der Waals surface area contributed by atoms with Crippen LogP contribution in [0.5, 0.6) is 0 Å². The maximum atomic E-state index is 11.3. The van der Waals surface area contributed by atoms with Crippen LogP contribution in [0.15, 0.2) is 0 Å². The first-order chi connectivity index (χ1) is 6.78. The van der Waals surface area contributed by atoms with Gasteiger partial charge in [0.1, 0.15) is 5.60 Å². The molecular formula is C9H12O4S2. The average molecular weight is 248 g/mol. The van der Waals surface area contributed by atoms with Gasteiger partial charge < -0.3 is 14.9 Å². The topological polar surface area (TPSA) is 66.8 Å². The summed E-state index contributed by atoms with van der Waals surface area (Å²) in [5, 5.41) is 17.3. The summed E-state index contributed by atoms with van der Waals surface area (Å²) < 4.78 is 6.14. The molecule has 1 aromatic rings. The van der Waals surface area contributed by atoms with E-state index < -0.39 is 17.5 Å². The summed E-state index contributed by atoms with van der Waals surface area (Å²) >= 11 is 2.28. The maximum Gasteiger partial charge on any atom is 0.333 e. The maximum absolute atomic E-state index is 11.3. The largest absolute Gasteiger partial charge is 0.479 e. The van der Waals surface area contributed by atoms with E-state index in [1.165, 1.54) is 6.08 Å². The third kappa shape index (κ3) is 3.93. The average Bonchev–Trinajstić information content (AvgIpc) is 1.91. The van der Waals surface area contributed by atoms with Crippen LogP contribution in [0.3, 0.4) is 0 Å². The van der Waals surface area contributed by atoms with Crippen molar-refractivity contribution >= 4 is 40.7 Å². The van der Waals surface area contributed by atoms with Gasteiger partial charge in [-0.15, -0.1) is 22.7 Å². The van der Waals surface area contributed by atoms with Gasteiger partial charge in [-0.25, -0.2) is 4.79 Å². The Morgan fingerprint density at radius 2 is 1.87 bits per heavy atom. The fourth-order valence-corrected chi connectivity index (χ4v) is 2.43. The van der Waals surface area contributed by atoms with Gasteiger partial charge in [-0.2, -0.15) is 0 Å². The van der Waals surface area contributed by atoms with Gasteiger partial charge in [0.15, 0.2) is 3.85 Å². The van der Waals surface area contributed by atoms with Gasteiger partial charge in [-0.05, 0) is 20.8 Å². The molecule has 1 rings (SSSR count). The van der Waals surface area contributed by atoms with Gasteiger partial charge in [-0.3, -0.25) is 0 Å². The Kier molecular flexibility index (Phi) is 3.41. The molecule has 0 saturated heterocycles. The zero-order valence-corrected chi connectivity index (χ0v) is 10.2. The molecule has 6 heteroatoms. The van der Waals surface area contributed by atoms with E-state index in [1.54, 1.807) is 20.8 Å². The van der Waals surface area contributed by atoms with Crippen LogP contribution in [0.4, 0.5) is 0 Å². The molecule has 2 N–H and O–H groups in total. The first kappa shape index (κ1) is 12.1. The molecule has 84 valence electrons. The highest BCUT2D eigenvalue weighted by Crippen LogP contribution is 2.07. The number of hydrogen-bond donors (Lipinski definition) is 2. The van der Waals surface area contributed by atoms with E-state index in [0.717, 1.165) is 22.7 Å². The van der Waals surface area contributed by atoms with Crippen molar-refractivity contribution in [3.05, 3.63) is 7.69 Å². The molecule has 0 aliphatic rings. The van der Waals surface area contributed by atoms with Gasteiger partial charge in [0, 0.05) is 0 Å². The van der Waals surface area contributed by atoms with Crippen molar-refractivity contribution < 1.29 is 19.7 Å². The van der Waals surface area contributed by atoms with Crippen molar-refractivity contribution in [1.82, 2.24) is 0 Å². The van der Waals surface area contributed by atoms with Crippen LogP contribution < -0.4 is 7.69 Å². The highest BCUT2D eigenvalue weighted by atomic mass is 32.2. The molecule has 15 heavy (non-hydrogen) atoms. The summed E-state index contributed by atoms with van der Waals surface area (Å²) in [5.41, 5.74) is -0.509. The van der Waals surface area contributed by atoms with E-state index in [-0.39, 0.29) is 0 Å². The molecule has 0 radical (unpaired) electrons. The van der Waals surface area contributed by atoms with Crippen LogP contribution in [0.2, 0.25) is 0 Å². The number of hydrogen-bond acceptors (Lipinski definition) is 6. The molecule has 0 bridgehead atoms. The van der Waals surface area contributed by atoms with E-state index in [9.17, 15) is 4.79 Å². The number of carbonyl (C=O) groups is 1. The summed E-state index contributed by atoms with van der Waals surface area (Å²) in [6, 6.07) is 0. The van der Waals surface area contributed by atoms with E-state index in [0.29, 0.717) is 7.69 Å². The van der Waals surface area contributed by atoms with Crippen LogP contribution in [-0.2, 0) is 9.53 Å². The predicted octanol–water partition coefficient (Wildman–Crippen LogP) is 1.11. The molecule has 0 aliphatic heterocycles. The lowest BCUT2D eigenvalue weighted by molar-refractivity contribution is -0.146. The molecule has 0 amide bonds. The van der Waals surface area contributed by atoms with Crippen molar-refractivity contribution in [3.8, 4) is 0 Å². The number of rotatable bonds is 1. The lowest BCUT2D eigenvalue weighted by Crippen LogP contribution is -2.24. The Bertz CT molecular complexity index is 438. The van der Waals surface area contributed by atoms with E-state index in [2.05, 4.69) is 0 Å². The van der Waals surface area contributed by atoms with E-state index >= 15 is 0 Å². The highest BCUT2D eigenvalue weighted by molar-refractivity contribution is 7.35. The Labute approximate surface area is 94.8 Å². The minimum atomic E-state index is -0.702. The third-order valence-electron chi connectivity index (χ3n) is 1.21. The summed E-state index contributed by atoms with van der Waals surface area (Å²) in [6.07, 6.45) is 1.34. The van der Waals surface area contributed by atoms with Crippen molar-refractivity contribution in [2.24, 2.45) is 0 Å². The Morgan fingerprint density at radius 3 is 2.27 bits per heavy atom. The highest BCUT2D eigenvalue weighted by Gasteiger charge is 2.14. The molecule has 1 heterocycles. The second kappa shape index (κ2) is 4.24. The molecule has 0 spiro atoms. The normalized spacial score (nSPS) is 11.1. The van der Waals surface area contributed by atoms with Crippen LogP contribution in [0.1, 0.15) is 20.8 Å².